The summed E-state index contributed by atoms with van der Waals surface area (Å²) in [5.74, 6) is 1.43. The summed E-state index contributed by atoms with van der Waals surface area (Å²) in [5.41, 5.74) is -0.150. The number of anilines is 1. The van der Waals surface area contributed by atoms with Crippen molar-refractivity contribution in [3.05, 3.63) is 22.5 Å². The zero-order valence-corrected chi connectivity index (χ0v) is 9.57. The van der Waals surface area contributed by atoms with Gasteiger partial charge >= 0.3 is 5.69 Å². The van der Waals surface area contributed by atoms with E-state index in [1.807, 2.05) is 6.92 Å². The van der Waals surface area contributed by atoms with Gasteiger partial charge in [-0.3, -0.25) is 14.3 Å². The molecule has 1 N–H and O–H groups in total. The van der Waals surface area contributed by atoms with Crippen molar-refractivity contribution in [2.45, 2.75) is 6.92 Å². The van der Waals surface area contributed by atoms with Crippen LogP contribution in [0.5, 0.6) is 0 Å². The number of hydrogen-bond acceptors (Lipinski definition) is 6. The Morgan fingerprint density at radius 2 is 2.12 bits per heavy atom. The highest BCUT2D eigenvalue weighted by atomic mass is 32.2. The van der Waals surface area contributed by atoms with E-state index in [-0.39, 0.29) is 5.69 Å². The molecule has 0 spiro atoms. The van der Waals surface area contributed by atoms with Crippen LogP contribution in [0.3, 0.4) is 0 Å². The Kier molecular flexibility index (Phi) is 4.77. The van der Waals surface area contributed by atoms with Gasteiger partial charge in [-0.25, -0.2) is 9.97 Å². The Hall–Kier alpha value is -1.57. The molecule has 1 heterocycles. The molecule has 1 atom stereocenters. The van der Waals surface area contributed by atoms with Crippen LogP contribution in [0.25, 0.3) is 0 Å². The molecule has 16 heavy (non-hydrogen) atoms. The second-order valence-electron chi connectivity index (χ2n) is 2.88. The summed E-state index contributed by atoms with van der Waals surface area (Å²) < 4.78 is 11.1. The van der Waals surface area contributed by atoms with Crippen LogP contribution in [0.15, 0.2) is 12.4 Å². The van der Waals surface area contributed by atoms with Crippen LogP contribution in [0.1, 0.15) is 6.92 Å². The normalized spacial score (nSPS) is 12.1. The molecule has 0 saturated carbocycles. The second-order valence-corrected chi connectivity index (χ2v) is 4.75. The molecule has 0 amide bonds. The van der Waals surface area contributed by atoms with E-state index in [9.17, 15) is 14.3 Å². The highest BCUT2D eigenvalue weighted by Crippen LogP contribution is 2.07. The quantitative estimate of drug-likeness (QED) is 0.580. The summed E-state index contributed by atoms with van der Waals surface area (Å²) in [5, 5.41) is 13.2. The molecular weight excluding hydrogens is 232 g/mol. The van der Waals surface area contributed by atoms with Crippen molar-refractivity contribution in [2.24, 2.45) is 0 Å². The van der Waals surface area contributed by atoms with Gasteiger partial charge in [-0.1, -0.05) is 6.92 Å². The molecule has 8 heteroatoms. The fraction of sp³-hybridized carbons (Fsp3) is 0.500. The fourth-order valence-corrected chi connectivity index (χ4v) is 1.55. The molecule has 0 aromatic carbocycles. The number of hydrogen-bond donors (Lipinski definition) is 1. The van der Waals surface area contributed by atoms with Crippen molar-refractivity contribution in [3.63, 3.8) is 0 Å². The number of aromatic nitrogens is 2. The Balaban J connectivity index is 2.43. The molecule has 0 aliphatic rings. The Labute approximate surface area is 94.9 Å². The molecule has 0 aliphatic carbocycles. The molecule has 1 aromatic rings. The van der Waals surface area contributed by atoms with Crippen molar-refractivity contribution < 1.29 is 9.13 Å². The van der Waals surface area contributed by atoms with Crippen molar-refractivity contribution >= 4 is 22.4 Å². The summed E-state index contributed by atoms with van der Waals surface area (Å²) in [6, 6.07) is 0. The Morgan fingerprint density at radius 3 is 2.62 bits per heavy atom. The van der Waals surface area contributed by atoms with Crippen molar-refractivity contribution in [2.75, 3.05) is 23.4 Å². The molecule has 1 aromatic heterocycles. The molecule has 1 unspecified atom stereocenters. The maximum absolute atomic E-state index is 11.1. The first kappa shape index (κ1) is 12.5. The number of nitro groups is 1. The van der Waals surface area contributed by atoms with E-state index in [2.05, 4.69) is 15.3 Å². The van der Waals surface area contributed by atoms with Crippen LogP contribution in [0.4, 0.5) is 11.6 Å². The van der Waals surface area contributed by atoms with Gasteiger partial charge in [0.25, 0.3) is 0 Å². The first-order valence-electron chi connectivity index (χ1n) is 4.68. The average Bonchev–Trinajstić information content (AvgIpc) is 2.29. The molecule has 0 saturated heterocycles. The lowest BCUT2D eigenvalue weighted by molar-refractivity contribution is -0.385. The molecule has 7 nitrogen and oxygen atoms in total. The first-order chi connectivity index (χ1) is 7.63. The highest BCUT2D eigenvalue weighted by molar-refractivity contribution is 7.84. The van der Waals surface area contributed by atoms with Crippen molar-refractivity contribution in [1.82, 2.24) is 9.97 Å². The van der Waals surface area contributed by atoms with Gasteiger partial charge < -0.3 is 5.32 Å². The fourth-order valence-electron chi connectivity index (χ4n) is 0.928. The predicted octanol–water partition coefficient (Wildman–Crippen LogP) is 0.565. The molecule has 0 aliphatic heterocycles. The van der Waals surface area contributed by atoms with E-state index < -0.39 is 15.7 Å². The van der Waals surface area contributed by atoms with Crippen LogP contribution >= 0.6 is 0 Å². The van der Waals surface area contributed by atoms with E-state index in [1.165, 1.54) is 0 Å². The third-order valence-corrected chi connectivity index (χ3v) is 3.09. The lowest BCUT2D eigenvalue weighted by atomic mass is 10.5. The lowest BCUT2D eigenvalue weighted by Crippen LogP contribution is -2.13. The van der Waals surface area contributed by atoms with Gasteiger partial charge in [-0.15, -0.1) is 0 Å². The van der Waals surface area contributed by atoms with E-state index >= 15 is 0 Å². The molecule has 0 radical (unpaired) electrons. The number of nitrogens with zero attached hydrogens (tertiary/aromatic N) is 3. The zero-order chi connectivity index (χ0) is 12.0. The van der Waals surface area contributed by atoms with Crippen LogP contribution < -0.4 is 5.32 Å². The minimum Gasteiger partial charge on any atom is -0.353 e. The van der Waals surface area contributed by atoms with E-state index in [0.29, 0.717) is 24.0 Å². The summed E-state index contributed by atoms with van der Waals surface area (Å²) >= 11 is 0. The Morgan fingerprint density at radius 1 is 1.50 bits per heavy atom. The van der Waals surface area contributed by atoms with Crippen molar-refractivity contribution in [1.29, 1.82) is 0 Å². The molecule has 1 rings (SSSR count). The standard InChI is InChI=1S/C8H12N4O3S/c1-2-16(15)4-3-9-8-10-5-7(6-11-8)12(13)14/h5-6H,2-4H2,1H3,(H,9,10,11). The topological polar surface area (TPSA) is 98.0 Å². The summed E-state index contributed by atoms with van der Waals surface area (Å²) in [6.45, 7) is 2.33. The lowest BCUT2D eigenvalue weighted by Gasteiger charge is -2.02. The smallest absolute Gasteiger partial charge is 0.305 e. The summed E-state index contributed by atoms with van der Waals surface area (Å²) in [6.07, 6.45) is 2.26. The highest BCUT2D eigenvalue weighted by Gasteiger charge is 2.06. The maximum atomic E-state index is 11.1. The molecule has 0 fully saturated rings. The summed E-state index contributed by atoms with van der Waals surface area (Å²) in [4.78, 5) is 17.3. The number of rotatable bonds is 6. The van der Waals surface area contributed by atoms with Gasteiger partial charge in [0, 0.05) is 28.9 Å². The average molecular weight is 244 g/mol. The second kappa shape index (κ2) is 6.11. The SMILES string of the molecule is CCS(=O)CCNc1ncc([N+](=O)[O-])cn1. The molecule has 0 bridgehead atoms. The largest absolute Gasteiger partial charge is 0.353 e. The minimum absolute atomic E-state index is 0.150. The monoisotopic (exact) mass is 244 g/mol. The van der Waals surface area contributed by atoms with E-state index in [0.717, 1.165) is 12.4 Å². The minimum atomic E-state index is -0.839. The molecular formula is C8H12N4O3S. The third-order valence-electron chi connectivity index (χ3n) is 1.78. The van der Waals surface area contributed by atoms with Crippen LogP contribution in [-0.2, 0) is 10.8 Å². The zero-order valence-electron chi connectivity index (χ0n) is 8.75. The summed E-state index contributed by atoms with van der Waals surface area (Å²) in [7, 11) is -0.839. The van der Waals surface area contributed by atoms with Crippen LogP contribution in [0.2, 0.25) is 0 Å². The van der Waals surface area contributed by atoms with Gasteiger partial charge in [-0.05, 0) is 0 Å². The van der Waals surface area contributed by atoms with Crippen LogP contribution in [-0.4, -0.2) is 37.2 Å². The van der Waals surface area contributed by atoms with Gasteiger partial charge in [0.05, 0.1) is 4.92 Å². The van der Waals surface area contributed by atoms with Crippen LogP contribution in [0, 0.1) is 10.1 Å². The van der Waals surface area contributed by atoms with Gasteiger partial charge in [0.15, 0.2) is 0 Å². The van der Waals surface area contributed by atoms with Gasteiger partial charge in [0.1, 0.15) is 12.4 Å². The Bertz CT molecular complexity index is 381. The predicted molar refractivity (Wildman–Crippen MR) is 60.7 cm³/mol. The maximum Gasteiger partial charge on any atom is 0.305 e. The van der Waals surface area contributed by atoms with Gasteiger partial charge in [0.2, 0.25) is 5.95 Å². The first-order valence-corrected chi connectivity index (χ1v) is 6.17. The van der Waals surface area contributed by atoms with Gasteiger partial charge in [-0.2, -0.15) is 0 Å². The number of nitrogens with one attached hydrogen (secondary N) is 1. The molecule has 88 valence electrons. The third kappa shape index (κ3) is 3.89. The van der Waals surface area contributed by atoms with Crippen molar-refractivity contribution in [3.8, 4) is 0 Å². The van der Waals surface area contributed by atoms with E-state index in [1.54, 1.807) is 0 Å². The van der Waals surface area contributed by atoms with E-state index in [4.69, 9.17) is 0 Å².